The highest BCUT2D eigenvalue weighted by Crippen LogP contribution is 2.59. The van der Waals surface area contributed by atoms with Crippen molar-refractivity contribution in [1.82, 2.24) is 4.57 Å². The Kier molecular flexibility index (Phi) is 5.63. The molecule has 4 heteroatoms. The van der Waals surface area contributed by atoms with E-state index in [1.54, 1.807) is 0 Å². The second-order valence-corrected chi connectivity index (χ2v) is 15.1. The minimum absolute atomic E-state index is 0.316. The van der Waals surface area contributed by atoms with Crippen LogP contribution in [0.1, 0.15) is 22.4 Å². The smallest absolute Gasteiger partial charge is 0.0611 e. The molecular formula is C44H28N2S2. The molecule has 48 heavy (non-hydrogen) atoms. The molecule has 2 aliphatic rings. The monoisotopic (exact) mass is 648 g/mol. The highest BCUT2D eigenvalue weighted by atomic mass is 32.2. The van der Waals surface area contributed by atoms with Crippen molar-refractivity contribution in [2.75, 3.05) is 4.90 Å². The van der Waals surface area contributed by atoms with Gasteiger partial charge in [0.15, 0.2) is 0 Å². The van der Waals surface area contributed by atoms with Crippen molar-refractivity contribution in [3.05, 3.63) is 168 Å². The van der Waals surface area contributed by atoms with Crippen molar-refractivity contribution < 1.29 is 0 Å². The van der Waals surface area contributed by atoms with Gasteiger partial charge in [-0.05, 0) is 82.9 Å². The predicted molar refractivity (Wildman–Crippen MR) is 206 cm³/mol. The van der Waals surface area contributed by atoms with Gasteiger partial charge in [-0.1, -0.05) is 91.0 Å². The molecule has 2 aromatic heterocycles. The van der Waals surface area contributed by atoms with Crippen LogP contribution in [0.3, 0.4) is 0 Å². The maximum absolute atomic E-state index is 2.58. The quantitative estimate of drug-likeness (QED) is 0.188. The van der Waals surface area contributed by atoms with E-state index in [2.05, 4.69) is 167 Å². The Morgan fingerprint density at radius 1 is 0.562 bits per heavy atom. The number of fused-ring (bicyclic) bond motifs is 7. The standard InChI is InChI=1S/C44H28N2S2/c1-3-11-29(12-4-1)45(31-21-22-40-35(25-31)33-15-7-9-17-38(33)47-40)32-23-27-19-20-28-24-36-34-16-8-10-18-39(34)48-44(36)43-42(28)41(27)37(26-32)46(43)30-13-5-2-6-14-30/h1-26,36,44H. The molecule has 3 heterocycles. The molecule has 0 amide bonds. The van der Waals surface area contributed by atoms with Crippen LogP contribution in [-0.4, -0.2) is 4.57 Å². The maximum Gasteiger partial charge on any atom is 0.0611 e. The van der Waals surface area contributed by atoms with Crippen LogP contribution in [-0.2, 0) is 0 Å². The Balaban J connectivity index is 1.21. The number of para-hydroxylation sites is 2. The largest absolute Gasteiger partial charge is 0.312 e. The van der Waals surface area contributed by atoms with E-state index in [1.165, 1.54) is 68.9 Å². The summed E-state index contributed by atoms with van der Waals surface area (Å²) in [4.78, 5) is 3.84. The van der Waals surface area contributed by atoms with Crippen LogP contribution < -0.4 is 10.1 Å². The lowest BCUT2D eigenvalue weighted by atomic mass is 9.87. The van der Waals surface area contributed by atoms with Gasteiger partial charge >= 0.3 is 0 Å². The normalized spacial score (nSPS) is 16.4. The van der Waals surface area contributed by atoms with Gasteiger partial charge in [0.05, 0.1) is 10.8 Å². The first-order valence-electron chi connectivity index (χ1n) is 16.5. The number of aromatic nitrogens is 1. The zero-order valence-electron chi connectivity index (χ0n) is 25.9. The predicted octanol–water partition coefficient (Wildman–Crippen LogP) is 12.1. The summed E-state index contributed by atoms with van der Waals surface area (Å²) < 4.78 is 5.22. The third-order valence-corrected chi connectivity index (χ3v) is 12.8. The van der Waals surface area contributed by atoms with Crippen LogP contribution in [0.15, 0.2) is 157 Å². The van der Waals surface area contributed by atoms with E-state index in [0.717, 1.165) is 17.1 Å². The number of benzene rings is 7. The molecule has 226 valence electrons. The summed E-state index contributed by atoms with van der Waals surface area (Å²) in [6, 6.07) is 56.1. The van der Waals surface area contributed by atoms with E-state index in [-0.39, 0.29) is 0 Å². The number of anilines is 3. The summed E-state index contributed by atoms with van der Waals surface area (Å²) in [6.45, 7) is 0. The molecule has 0 bridgehead atoms. The van der Waals surface area contributed by atoms with Crippen LogP contribution in [0.5, 0.6) is 0 Å². The minimum atomic E-state index is 0.316. The van der Waals surface area contributed by atoms with Gasteiger partial charge in [0.2, 0.25) is 0 Å². The number of hydrogen-bond acceptors (Lipinski definition) is 3. The van der Waals surface area contributed by atoms with E-state index >= 15 is 0 Å². The molecule has 0 radical (unpaired) electrons. The van der Waals surface area contributed by atoms with Gasteiger partial charge in [0, 0.05) is 70.2 Å². The lowest BCUT2D eigenvalue weighted by Crippen LogP contribution is -2.17. The zero-order chi connectivity index (χ0) is 31.3. The second-order valence-electron chi connectivity index (χ2n) is 12.9. The molecule has 7 aromatic carbocycles. The fourth-order valence-electron chi connectivity index (χ4n) is 8.24. The Hall–Kier alpha value is -5.29. The molecule has 1 aliphatic heterocycles. The lowest BCUT2D eigenvalue weighted by molar-refractivity contribution is 0.810. The van der Waals surface area contributed by atoms with Crippen LogP contribution >= 0.6 is 23.1 Å². The molecule has 0 spiro atoms. The number of hydrogen-bond donors (Lipinski definition) is 0. The average molecular weight is 649 g/mol. The third-order valence-electron chi connectivity index (χ3n) is 10.2. The first kappa shape index (κ1) is 26.7. The van der Waals surface area contributed by atoms with Crippen LogP contribution in [0, 0.1) is 0 Å². The first-order chi connectivity index (χ1) is 23.8. The number of nitrogens with zero attached hydrogens (tertiary/aromatic N) is 2. The second kappa shape index (κ2) is 10.1. The van der Waals surface area contributed by atoms with Crippen molar-refractivity contribution >= 4 is 88.1 Å². The SMILES string of the molecule is C1=c2ccc3cc(N(c4ccccc4)c4ccc5sc6ccccc6c5c4)cc4c3c2c(n4-c2ccccc2)C2Sc3ccccc3C12. The molecule has 0 saturated heterocycles. The van der Waals surface area contributed by atoms with Gasteiger partial charge < -0.3 is 9.47 Å². The van der Waals surface area contributed by atoms with Crippen molar-refractivity contribution in [2.24, 2.45) is 0 Å². The Morgan fingerprint density at radius 2 is 1.33 bits per heavy atom. The molecule has 2 unspecified atom stereocenters. The summed E-state index contributed by atoms with van der Waals surface area (Å²) in [5, 5.41) is 8.31. The number of thiophene rings is 1. The maximum atomic E-state index is 2.58. The molecule has 2 atom stereocenters. The van der Waals surface area contributed by atoms with Crippen LogP contribution in [0.25, 0.3) is 53.6 Å². The Bertz CT molecular complexity index is 2780. The molecule has 11 rings (SSSR count). The fraction of sp³-hybridized carbons (Fsp3) is 0.0455. The molecule has 9 aromatic rings. The minimum Gasteiger partial charge on any atom is -0.312 e. The topological polar surface area (TPSA) is 8.17 Å². The zero-order valence-corrected chi connectivity index (χ0v) is 27.5. The van der Waals surface area contributed by atoms with Gasteiger partial charge in [0.25, 0.3) is 0 Å². The average Bonchev–Trinajstić information content (AvgIpc) is 3.81. The number of rotatable bonds is 4. The van der Waals surface area contributed by atoms with E-state index in [1.807, 2.05) is 23.1 Å². The molecule has 2 nitrogen and oxygen atoms in total. The van der Waals surface area contributed by atoms with Gasteiger partial charge in [-0.25, -0.2) is 0 Å². The fourth-order valence-corrected chi connectivity index (χ4v) is 10.8. The summed E-state index contributed by atoms with van der Waals surface area (Å²) in [5.74, 6) is 0.346. The van der Waals surface area contributed by atoms with Gasteiger partial charge in [-0.2, -0.15) is 0 Å². The summed E-state index contributed by atoms with van der Waals surface area (Å²) >= 11 is 3.89. The molecule has 0 saturated carbocycles. The first-order valence-corrected chi connectivity index (χ1v) is 18.2. The number of thioether (sulfide) groups is 1. The van der Waals surface area contributed by atoms with E-state index in [0.29, 0.717) is 11.2 Å². The van der Waals surface area contributed by atoms with Crippen molar-refractivity contribution in [3.8, 4) is 5.69 Å². The highest BCUT2D eigenvalue weighted by Gasteiger charge is 2.39. The van der Waals surface area contributed by atoms with Crippen LogP contribution in [0.2, 0.25) is 0 Å². The molecular weight excluding hydrogens is 621 g/mol. The summed E-state index contributed by atoms with van der Waals surface area (Å²) in [6.07, 6.45) is 2.53. The molecule has 1 aliphatic carbocycles. The van der Waals surface area contributed by atoms with Crippen molar-refractivity contribution in [1.29, 1.82) is 0 Å². The van der Waals surface area contributed by atoms with Gasteiger partial charge in [0.1, 0.15) is 0 Å². The Labute approximate surface area is 286 Å². The Morgan fingerprint density at radius 3 is 2.23 bits per heavy atom. The summed E-state index contributed by atoms with van der Waals surface area (Å²) in [7, 11) is 0. The lowest BCUT2D eigenvalue weighted by Gasteiger charge is -2.26. The van der Waals surface area contributed by atoms with E-state index in [9.17, 15) is 0 Å². The van der Waals surface area contributed by atoms with Crippen LogP contribution in [0.4, 0.5) is 17.1 Å². The van der Waals surface area contributed by atoms with Gasteiger partial charge in [-0.3, -0.25) is 0 Å². The summed E-state index contributed by atoms with van der Waals surface area (Å²) in [5.41, 5.74) is 8.80. The van der Waals surface area contributed by atoms with Gasteiger partial charge in [-0.15, -0.1) is 23.1 Å². The molecule has 0 fully saturated rings. The highest BCUT2D eigenvalue weighted by molar-refractivity contribution is 8.00. The molecule has 0 N–H and O–H groups in total. The van der Waals surface area contributed by atoms with Crippen molar-refractivity contribution in [3.63, 3.8) is 0 Å². The van der Waals surface area contributed by atoms with Crippen molar-refractivity contribution in [2.45, 2.75) is 16.1 Å². The third kappa shape index (κ3) is 3.76. The van der Waals surface area contributed by atoms with E-state index in [4.69, 9.17) is 0 Å². The van der Waals surface area contributed by atoms with E-state index < -0.39 is 0 Å².